The second-order valence-corrected chi connectivity index (χ2v) is 9.18. The molecule has 1 saturated heterocycles. The van der Waals surface area contributed by atoms with Crippen molar-refractivity contribution in [2.45, 2.75) is 38.1 Å². The molecule has 1 atom stereocenters. The standard InChI is InChI=1S/C22H41N7O/c1-23-21(24-15-20(27(2)3)19-14-26-28(4)16-19)25-17-22(8-6-5-7-9-22)18-29-10-12-30-13-11-29/h14,16,20H,5-13,15,17-18H2,1-4H3,(H2,23,24,25). The summed E-state index contributed by atoms with van der Waals surface area (Å²) < 4.78 is 7.41. The maximum Gasteiger partial charge on any atom is 0.191 e. The Morgan fingerprint density at radius 1 is 1.23 bits per heavy atom. The van der Waals surface area contributed by atoms with Gasteiger partial charge in [0.2, 0.25) is 0 Å². The van der Waals surface area contributed by atoms with Crippen LogP contribution in [0.25, 0.3) is 0 Å². The zero-order valence-electron chi connectivity index (χ0n) is 19.4. The second-order valence-electron chi connectivity index (χ2n) is 9.18. The molecule has 8 nitrogen and oxygen atoms in total. The van der Waals surface area contributed by atoms with Crippen molar-refractivity contribution in [2.75, 3.05) is 67.1 Å². The van der Waals surface area contributed by atoms with Crippen molar-refractivity contribution in [3.63, 3.8) is 0 Å². The van der Waals surface area contributed by atoms with Crippen LogP contribution < -0.4 is 10.6 Å². The quantitative estimate of drug-likeness (QED) is 0.491. The van der Waals surface area contributed by atoms with E-state index in [0.717, 1.165) is 51.9 Å². The molecule has 2 heterocycles. The van der Waals surface area contributed by atoms with E-state index in [0.29, 0.717) is 5.41 Å². The number of aromatic nitrogens is 2. The van der Waals surface area contributed by atoms with E-state index in [1.807, 2.05) is 25.0 Å². The van der Waals surface area contributed by atoms with Crippen LogP contribution in [0, 0.1) is 5.41 Å². The molecule has 170 valence electrons. The van der Waals surface area contributed by atoms with Crippen molar-refractivity contribution in [1.82, 2.24) is 30.2 Å². The van der Waals surface area contributed by atoms with Crippen LogP contribution in [0.15, 0.2) is 17.4 Å². The summed E-state index contributed by atoms with van der Waals surface area (Å²) in [4.78, 5) is 9.32. The topological polar surface area (TPSA) is 70.0 Å². The maximum absolute atomic E-state index is 5.55. The van der Waals surface area contributed by atoms with Crippen LogP contribution in [0.2, 0.25) is 0 Å². The van der Waals surface area contributed by atoms with Crippen molar-refractivity contribution >= 4 is 5.96 Å². The number of morpholine rings is 1. The third-order valence-electron chi connectivity index (χ3n) is 6.63. The maximum atomic E-state index is 5.55. The Balaban J connectivity index is 1.56. The van der Waals surface area contributed by atoms with Gasteiger partial charge in [0.05, 0.1) is 25.5 Å². The normalized spacial score (nSPS) is 21.6. The van der Waals surface area contributed by atoms with Gasteiger partial charge in [-0.2, -0.15) is 5.10 Å². The van der Waals surface area contributed by atoms with Crippen molar-refractivity contribution < 1.29 is 4.74 Å². The van der Waals surface area contributed by atoms with E-state index >= 15 is 0 Å². The van der Waals surface area contributed by atoms with E-state index in [9.17, 15) is 0 Å². The van der Waals surface area contributed by atoms with Crippen molar-refractivity contribution in [3.05, 3.63) is 18.0 Å². The van der Waals surface area contributed by atoms with Gasteiger partial charge in [0, 0.05) is 64.0 Å². The molecule has 2 aliphatic rings. The lowest BCUT2D eigenvalue weighted by atomic mass is 9.73. The minimum Gasteiger partial charge on any atom is -0.379 e. The summed E-state index contributed by atoms with van der Waals surface area (Å²) >= 11 is 0. The minimum absolute atomic E-state index is 0.245. The highest BCUT2D eigenvalue weighted by Crippen LogP contribution is 2.36. The molecule has 0 amide bonds. The molecule has 1 aliphatic carbocycles. The van der Waals surface area contributed by atoms with Crippen LogP contribution in [0.3, 0.4) is 0 Å². The van der Waals surface area contributed by atoms with E-state index in [1.54, 1.807) is 0 Å². The van der Waals surface area contributed by atoms with E-state index in [4.69, 9.17) is 4.74 Å². The lowest BCUT2D eigenvalue weighted by molar-refractivity contribution is 0.00820. The molecular weight excluding hydrogens is 378 g/mol. The largest absolute Gasteiger partial charge is 0.379 e. The number of hydrogen-bond donors (Lipinski definition) is 2. The second kappa shape index (κ2) is 11.1. The first-order valence-electron chi connectivity index (χ1n) is 11.4. The first kappa shape index (κ1) is 23.0. The third-order valence-corrected chi connectivity index (χ3v) is 6.63. The number of nitrogens with zero attached hydrogens (tertiary/aromatic N) is 5. The van der Waals surface area contributed by atoms with Gasteiger partial charge in [0.1, 0.15) is 0 Å². The molecule has 1 saturated carbocycles. The Kier molecular flexibility index (Phi) is 8.53. The summed E-state index contributed by atoms with van der Waals surface area (Å²) in [6.45, 7) is 6.78. The number of likely N-dealkylation sites (N-methyl/N-ethyl adjacent to an activating group) is 1. The van der Waals surface area contributed by atoms with E-state index in [2.05, 4.69) is 50.8 Å². The van der Waals surface area contributed by atoms with Gasteiger partial charge in [-0.1, -0.05) is 19.3 Å². The molecule has 1 aromatic rings. The summed E-state index contributed by atoms with van der Waals surface area (Å²) in [5.41, 5.74) is 1.54. The van der Waals surface area contributed by atoms with Crippen LogP contribution in [0.4, 0.5) is 0 Å². The summed E-state index contributed by atoms with van der Waals surface area (Å²) in [6, 6.07) is 0.245. The highest BCUT2D eigenvalue weighted by atomic mass is 16.5. The van der Waals surface area contributed by atoms with Crippen LogP contribution in [0.1, 0.15) is 43.7 Å². The van der Waals surface area contributed by atoms with E-state index in [-0.39, 0.29) is 6.04 Å². The van der Waals surface area contributed by atoms with Crippen molar-refractivity contribution in [1.29, 1.82) is 0 Å². The summed E-state index contributed by atoms with van der Waals surface area (Å²) in [5, 5.41) is 11.5. The fourth-order valence-electron chi connectivity index (χ4n) is 4.82. The van der Waals surface area contributed by atoms with E-state index < -0.39 is 0 Å². The fourth-order valence-corrected chi connectivity index (χ4v) is 4.82. The Morgan fingerprint density at radius 2 is 1.97 bits per heavy atom. The number of rotatable bonds is 8. The van der Waals surface area contributed by atoms with Gasteiger partial charge in [-0.3, -0.25) is 14.6 Å². The molecular formula is C22H41N7O. The van der Waals surface area contributed by atoms with Gasteiger partial charge in [-0.15, -0.1) is 0 Å². The number of nitrogens with one attached hydrogen (secondary N) is 2. The Hall–Kier alpha value is -1.64. The third kappa shape index (κ3) is 6.43. The Bertz CT molecular complexity index is 660. The van der Waals surface area contributed by atoms with Gasteiger partial charge >= 0.3 is 0 Å². The molecule has 2 N–H and O–H groups in total. The minimum atomic E-state index is 0.245. The molecule has 0 radical (unpaired) electrons. The first-order chi connectivity index (χ1) is 14.5. The highest BCUT2D eigenvalue weighted by molar-refractivity contribution is 5.79. The van der Waals surface area contributed by atoms with Gasteiger partial charge in [-0.05, 0) is 26.9 Å². The molecule has 0 spiro atoms. The lowest BCUT2D eigenvalue weighted by Gasteiger charge is -2.42. The van der Waals surface area contributed by atoms with Crippen LogP contribution in [-0.4, -0.2) is 92.6 Å². The number of guanidine groups is 1. The molecule has 1 unspecified atom stereocenters. The molecule has 1 aromatic heterocycles. The fraction of sp³-hybridized carbons (Fsp3) is 0.818. The molecule has 2 fully saturated rings. The van der Waals surface area contributed by atoms with E-state index in [1.165, 1.54) is 37.7 Å². The zero-order valence-corrected chi connectivity index (χ0v) is 19.4. The molecule has 8 heteroatoms. The van der Waals surface area contributed by atoms with Crippen LogP contribution >= 0.6 is 0 Å². The molecule has 1 aliphatic heterocycles. The van der Waals surface area contributed by atoms with Crippen LogP contribution in [0.5, 0.6) is 0 Å². The SMILES string of the molecule is CN=C(NCC(c1cnn(C)c1)N(C)C)NCC1(CN2CCOCC2)CCCCC1. The average Bonchev–Trinajstić information content (AvgIpc) is 3.17. The number of aryl methyl sites for hydroxylation is 1. The highest BCUT2D eigenvalue weighted by Gasteiger charge is 2.34. The Morgan fingerprint density at radius 3 is 2.57 bits per heavy atom. The van der Waals surface area contributed by atoms with Gasteiger partial charge in [0.25, 0.3) is 0 Å². The summed E-state index contributed by atoms with van der Waals surface area (Å²) in [6.07, 6.45) is 10.7. The molecule has 3 rings (SSSR count). The lowest BCUT2D eigenvalue weighted by Crippen LogP contribution is -2.51. The predicted octanol–water partition coefficient (Wildman–Crippen LogP) is 1.47. The monoisotopic (exact) mass is 419 g/mol. The first-order valence-corrected chi connectivity index (χ1v) is 11.4. The smallest absolute Gasteiger partial charge is 0.191 e. The number of aliphatic imine (C=N–C) groups is 1. The van der Waals surface area contributed by atoms with Crippen LogP contribution in [-0.2, 0) is 11.8 Å². The Labute approximate surface area is 182 Å². The number of ether oxygens (including phenoxy) is 1. The van der Waals surface area contributed by atoms with Gasteiger partial charge in [0.15, 0.2) is 5.96 Å². The van der Waals surface area contributed by atoms with Crippen molar-refractivity contribution in [2.24, 2.45) is 17.5 Å². The molecule has 30 heavy (non-hydrogen) atoms. The average molecular weight is 420 g/mol. The summed E-state index contributed by atoms with van der Waals surface area (Å²) in [7, 11) is 8.03. The van der Waals surface area contributed by atoms with Gasteiger partial charge in [-0.25, -0.2) is 0 Å². The van der Waals surface area contributed by atoms with Gasteiger partial charge < -0.3 is 20.3 Å². The predicted molar refractivity (Wildman–Crippen MR) is 122 cm³/mol. The zero-order chi connectivity index (χ0) is 21.4. The molecule has 0 aromatic carbocycles. The summed E-state index contributed by atoms with van der Waals surface area (Å²) in [5.74, 6) is 0.887. The van der Waals surface area contributed by atoms with Crippen molar-refractivity contribution in [3.8, 4) is 0 Å². The number of hydrogen-bond acceptors (Lipinski definition) is 5. The molecule has 0 bridgehead atoms.